The van der Waals surface area contributed by atoms with Crippen molar-refractivity contribution in [2.24, 2.45) is 0 Å². The van der Waals surface area contributed by atoms with E-state index in [0.29, 0.717) is 33.6 Å². The molecule has 0 spiro atoms. The number of aromatic nitrogens is 1. The predicted octanol–water partition coefficient (Wildman–Crippen LogP) is 4.94. The van der Waals surface area contributed by atoms with Gasteiger partial charge < -0.3 is 14.2 Å². The topological polar surface area (TPSA) is 69.7 Å². The van der Waals surface area contributed by atoms with Crippen molar-refractivity contribution in [3.05, 3.63) is 58.7 Å². The molecule has 1 aromatic heterocycles. The molecule has 6 nitrogen and oxygen atoms in total. The maximum absolute atomic E-state index is 13.1. The van der Waals surface area contributed by atoms with Crippen LogP contribution in [0.5, 0.6) is 17.2 Å². The molecule has 0 saturated heterocycles. The monoisotopic (exact) mass is 428 g/mol. The van der Waals surface area contributed by atoms with Crippen LogP contribution in [0.1, 0.15) is 10.4 Å². The number of methoxy groups -OCH3 is 3. The van der Waals surface area contributed by atoms with Crippen LogP contribution in [0, 0.1) is 12.7 Å². The summed E-state index contributed by atoms with van der Waals surface area (Å²) < 4.78 is 29.1. The maximum Gasteiger partial charge on any atom is 0.250 e. The fourth-order valence-corrected chi connectivity index (χ4v) is 3.66. The minimum Gasteiger partial charge on any atom is -0.496 e. The van der Waals surface area contributed by atoms with Gasteiger partial charge in [0.25, 0.3) is 0 Å². The fraction of sp³-hybridized carbons (Fsp3) is 0.182. The minimum atomic E-state index is -0.341. The van der Waals surface area contributed by atoms with E-state index in [4.69, 9.17) is 14.2 Å². The van der Waals surface area contributed by atoms with E-state index < -0.39 is 0 Å². The van der Waals surface area contributed by atoms with Gasteiger partial charge in [0.2, 0.25) is 5.91 Å². The summed E-state index contributed by atoms with van der Waals surface area (Å²) in [5.74, 6) is 0.947. The van der Waals surface area contributed by atoms with E-state index in [1.54, 1.807) is 30.3 Å². The Labute approximate surface area is 177 Å². The van der Waals surface area contributed by atoms with Gasteiger partial charge in [-0.3, -0.25) is 10.1 Å². The maximum atomic E-state index is 13.1. The van der Waals surface area contributed by atoms with Gasteiger partial charge in [0.1, 0.15) is 11.6 Å². The summed E-state index contributed by atoms with van der Waals surface area (Å²) in [6.45, 7) is 1.90. The second-order valence-corrected chi connectivity index (χ2v) is 7.41. The summed E-state index contributed by atoms with van der Waals surface area (Å²) in [6, 6.07) is 9.49. The number of halogens is 1. The van der Waals surface area contributed by atoms with Crippen molar-refractivity contribution in [1.82, 2.24) is 4.98 Å². The summed E-state index contributed by atoms with van der Waals surface area (Å²) in [5, 5.41) is 3.21. The molecule has 0 fully saturated rings. The van der Waals surface area contributed by atoms with E-state index in [-0.39, 0.29) is 11.7 Å². The molecule has 1 amide bonds. The lowest BCUT2D eigenvalue weighted by Gasteiger charge is -2.12. The number of hydrogen-bond acceptors (Lipinski definition) is 6. The Morgan fingerprint density at radius 2 is 1.67 bits per heavy atom. The molecule has 0 aliphatic rings. The first-order valence-electron chi connectivity index (χ1n) is 8.97. The number of carbonyl (C=O) groups excluding carboxylic acids is 1. The number of nitrogens with zero attached hydrogens (tertiary/aromatic N) is 1. The van der Waals surface area contributed by atoms with Gasteiger partial charge in [0, 0.05) is 28.1 Å². The first-order chi connectivity index (χ1) is 14.4. The third-order valence-corrected chi connectivity index (χ3v) is 5.18. The van der Waals surface area contributed by atoms with Gasteiger partial charge in [-0.25, -0.2) is 9.37 Å². The van der Waals surface area contributed by atoms with Gasteiger partial charge in [-0.1, -0.05) is 0 Å². The van der Waals surface area contributed by atoms with Gasteiger partial charge in [-0.2, -0.15) is 0 Å². The van der Waals surface area contributed by atoms with E-state index in [9.17, 15) is 9.18 Å². The zero-order chi connectivity index (χ0) is 21.7. The SMILES string of the molecule is COc1cc(OC)c(OC)cc1/C=C/C(=O)Nc1nc(-c2ccc(F)cc2)c(C)s1. The Morgan fingerprint density at radius 3 is 2.30 bits per heavy atom. The van der Waals surface area contributed by atoms with Gasteiger partial charge in [-0.05, 0) is 43.3 Å². The second kappa shape index (κ2) is 9.41. The highest BCUT2D eigenvalue weighted by Crippen LogP contribution is 2.35. The van der Waals surface area contributed by atoms with Crippen LogP contribution in [-0.4, -0.2) is 32.2 Å². The Morgan fingerprint density at radius 1 is 1.03 bits per heavy atom. The molecule has 0 saturated carbocycles. The molecule has 0 unspecified atom stereocenters. The Balaban J connectivity index is 1.77. The molecule has 1 heterocycles. The number of carbonyl (C=O) groups is 1. The van der Waals surface area contributed by atoms with Crippen molar-refractivity contribution in [1.29, 1.82) is 0 Å². The zero-order valence-electron chi connectivity index (χ0n) is 17.0. The molecule has 8 heteroatoms. The van der Waals surface area contributed by atoms with Gasteiger partial charge in [0.15, 0.2) is 16.6 Å². The predicted molar refractivity (Wildman–Crippen MR) is 116 cm³/mol. The minimum absolute atomic E-state index is 0.309. The average molecular weight is 428 g/mol. The van der Waals surface area contributed by atoms with Crippen molar-refractivity contribution in [2.45, 2.75) is 6.92 Å². The quantitative estimate of drug-likeness (QED) is 0.540. The smallest absolute Gasteiger partial charge is 0.250 e. The number of aryl methyl sites for hydroxylation is 1. The summed E-state index contributed by atoms with van der Waals surface area (Å²) in [6.07, 6.45) is 3.01. The molecule has 3 aromatic rings. The zero-order valence-corrected chi connectivity index (χ0v) is 17.8. The summed E-state index contributed by atoms with van der Waals surface area (Å²) in [7, 11) is 4.61. The lowest BCUT2D eigenvalue weighted by atomic mass is 10.1. The van der Waals surface area contributed by atoms with Crippen LogP contribution >= 0.6 is 11.3 Å². The van der Waals surface area contributed by atoms with Crippen LogP contribution in [0.2, 0.25) is 0 Å². The van der Waals surface area contributed by atoms with Crippen molar-refractivity contribution in [3.8, 4) is 28.5 Å². The number of hydrogen-bond donors (Lipinski definition) is 1. The largest absolute Gasteiger partial charge is 0.496 e. The molecule has 30 heavy (non-hydrogen) atoms. The van der Waals surface area contributed by atoms with Crippen LogP contribution < -0.4 is 19.5 Å². The lowest BCUT2D eigenvalue weighted by molar-refractivity contribution is -0.111. The molecule has 1 N–H and O–H groups in total. The van der Waals surface area contributed by atoms with Gasteiger partial charge >= 0.3 is 0 Å². The number of nitrogens with one attached hydrogen (secondary N) is 1. The van der Waals surface area contributed by atoms with Gasteiger partial charge in [-0.15, -0.1) is 11.3 Å². The molecule has 3 rings (SSSR count). The summed E-state index contributed by atoms with van der Waals surface area (Å²) in [5.41, 5.74) is 2.16. The van der Waals surface area contributed by atoms with Crippen molar-refractivity contribution < 1.29 is 23.4 Å². The molecule has 0 aliphatic carbocycles. The normalized spacial score (nSPS) is 10.8. The molecular weight excluding hydrogens is 407 g/mol. The average Bonchev–Trinajstić information content (AvgIpc) is 3.11. The van der Waals surface area contributed by atoms with E-state index in [1.165, 1.54) is 50.9 Å². The number of benzene rings is 2. The van der Waals surface area contributed by atoms with Crippen LogP contribution in [0.3, 0.4) is 0 Å². The Kier molecular flexibility index (Phi) is 6.68. The van der Waals surface area contributed by atoms with E-state index >= 15 is 0 Å². The highest BCUT2D eigenvalue weighted by atomic mass is 32.1. The highest BCUT2D eigenvalue weighted by molar-refractivity contribution is 7.16. The molecular formula is C22H21FN2O4S. The number of anilines is 1. The molecule has 0 aliphatic heterocycles. The number of ether oxygens (including phenoxy) is 3. The van der Waals surface area contributed by atoms with Gasteiger partial charge in [0.05, 0.1) is 27.0 Å². The van der Waals surface area contributed by atoms with E-state index in [0.717, 1.165) is 10.4 Å². The Bertz CT molecular complexity index is 1080. The first kappa shape index (κ1) is 21.3. The van der Waals surface area contributed by atoms with Crippen LogP contribution in [-0.2, 0) is 4.79 Å². The second-order valence-electron chi connectivity index (χ2n) is 6.20. The first-order valence-corrected chi connectivity index (χ1v) is 9.79. The Hall–Kier alpha value is -3.39. The standard InChI is InChI=1S/C22H21FN2O4S/c1-13-21(14-5-8-16(23)9-6-14)25-22(30-13)24-20(26)10-7-15-11-18(28-3)19(29-4)12-17(15)27-2/h5-12H,1-4H3,(H,24,25,26)/b10-7+. The number of amides is 1. The number of thiazole rings is 1. The van der Waals surface area contributed by atoms with Crippen LogP contribution in [0.4, 0.5) is 9.52 Å². The molecule has 0 radical (unpaired) electrons. The molecule has 2 aromatic carbocycles. The van der Waals surface area contributed by atoms with Crippen molar-refractivity contribution >= 4 is 28.5 Å². The lowest BCUT2D eigenvalue weighted by Crippen LogP contribution is -2.07. The van der Waals surface area contributed by atoms with E-state index in [1.807, 2.05) is 6.92 Å². The fourth-order valence-electron chi connectivity index (χ4n) is 2.82. The molecule has 0 bridgehead atoms. The van der Waals surface area contributed by atoms with E-state index in [2.05, 4.69) is 10.3 Å². The number of rotatable bonds is 7. The van der Waals surface area contributed by atoms with Crippen molar-refractivity contribution in [2.75, 3.05) is 26.6 Å². The summed E-state index contributed by atoms with van der Waals surface area (Å²) in [4.78, 5) is 17.8. The molecule has 0 atom stereocenters. The van der Waals surface area contributed by atoms with Crippen molar-refractivity contribution in [3.63, 3.8) is 0 Å². The highest BCUT2D eigenvalue weighted by Gasteiger charge is 2.13. The third kappa shape index (κ3) is 4.77. The third-order valence-electron chi connectivity index (χ3n) is 4.29. The van der Waals surface area contributed by atoms with Crippen LogP contribution in [0.25, 0.3) is 17.3 Å². The molecule has 156 valence electrons. The summed E-state index contributed by atoms with van der Waals surface area (Å²) >= 11 is 1.35. The van der Waals surface area contributed by atoms with Crippen LogP contribution in [0.15, 0.2) is 42.5 Å².